The largest absolute Gasteiger partial charge is 0.393 e. The zero-order valence-corrected chi connectivity index (χ0v) is 16.8. The Morgan fingerprint density at radius 3 is 1.04 bits per heavy atom. The summed E-state index contributed by atoms with van der Waals surface area (Å²) in [5.74, 6) is -0.728. The van der Waals surface area contributed by atoms with E-state index >= 15 is 0 Å². The number of carbonyl (C=O) groups is 2. The van der Waals surface area contributed by atoms with Crippen LogP contribution in [0.15, 0.2) is 0 Å². The first-order chi connectivity index (χ1) is 12.7. The van der Waals surface area contributed by atoms with Crippen molar-refractivity contribution in [1.29, 1.82) is 0 Å². The summed E-state index contributed by atoms with van der Waals surface area (Å²) in [6.07, 6.45) is 17.5. The molecule has 0 aliphatic rings. The highest BCUT2D eigenvalue weighted by Gasteiger charge is 2.09. The minimum atomic E-state index is -0.366. The Balaban J connectivity index is 3.33. The van der Waals surface area contributed by atoms with Crippen LogP contribution in [0.4, 0.5) is 0 Å². The average molecular weight is 371 g/mol. The lowest BCUT2D eigenvalue weighted by Crippen LogP contribution is -2.11. The Bertz CT molecular complexity index is 335. The molecule has 0 atom stereocenters. The number of carbonyl (C=O) groups excluding carboxylic acids is 2. The van der Waals surface area contributed by atoms with Gasteiger partial charge in [0.2, 0.25) is 0 Å². The van der Waals surface area contributed by atoms with Gasteiger partial charge >= 0.3 is 11.9 Å². The van der Waals surface area contributed by atoms with Gasteiger partial charge in [0, 0.05) is 12.8 Å². The molecular formula is C21H42N2O3. The van der Waals surface area contributed by atoms with E-state index < -0.39 is 0 Å². The van der Waals surface area contributed by atoms with E-state index in [0.717, 1.165) is 70.9 Å². The first-order valence-electron chi connectivity index (χ1n) is 10.8. The van der Waals surface area contributed by atoms with Crippen LogP contribution < -0.4 is 11.5 Å². The van der Waals surface area contributed by atoms with Gasteiger partial charge in [-0.3, -0.25) is 9.59 Å². The number of unbranched alkanes of at least 4 members (excludes halogenated alkanes) is 13. The molecule has 0 aromatic rings. The van der Waals surface area contributed by atoms with Crippen molar-refractivity contribution in [3.8, 4) is 0 Å². The van der Waals surface area contributed by atoms with Gasteiger partial charge in [-0.05, 0) is 38.8 Å². The van der Waals surface area contributed by atoms with Crippen LogP contribution in [0.3, 0.4) is 0 Å². The fourth-order valence-electron chi connectivity index (χ4n) is 3.00. The number of rotatable bonds is 19. The van der Waals surface area contributed by atoms with E-state index in [-0.39, 0.29) is 11.9 Å². The highest BCUT2D eigenvalue weighted by molar-refractivity contribution is 5.85. The van der Waals surface area contributed by atoms with Gasteiger partial charge in [-0.25, -0.2) is 0 Å². The van der Waals surface area contributed by atoms with Gasteiger partial charge in [-0.1, -0.05) is 70.6 Å². The summed E-state index contributed by atoms with van der Waals surface area (Å²) in [6.45, 7) is 1.55. The van der Waals surface area contributed by atoms with Gasteiger partial charge in [0.05, 0.1) is 0 Å². The number of hydrogen-bond acceptors (Lipinski definition) is 5. The van der Waals surface area contributed by atoms with Crippen LogP contribution >= 0.6 is 0 Å². The summed E-state index contributed by atoms with van der Waals surface area (Å²) < 4.78 is 4.87. The van der Waals surface area contributed by atoms with E-state index in [9.17, 15) is 9.59 Å². The molecule has 0 aromatic carbocycles. The second-order valence-electron chi connectivity index (χ2n) is 7.23. The molecule has 0 bridgehead atoms. The summed E-state index contributed by atoms with van der Waals surface area (Å²) in [5, 5.41) is 0. The standard InChI is InChI=1S/C21H42N2O3/c22-18-14-10-6-3-1-2-4-8-12-16-20(24)26-21(25)17-13-9-5-7-11-15-19-23/h1-19,22-23H2. The smallest absolute Gasteiger partial charge is 0.313 e. The molecule has 0 saturated heterocycles. The molecule has 0 fully saturated rings. The molecule has 0 aliphatic heterocycles. The summed E-state index contributed by atoms with van der Waals surface area (Å²) in [7, 11) is 0. The monoisotopic (exact) mass is 370 g/mol. The molecule has 4 N–H and O–H groups in total. The lowest BCUT2D eigenvalue weighted by Gasteiger charge is -2.04. The predicted octanol–water partition coefficient (Wildman–Crippen LogP) is 4.61. The molecule has 26 heavy (non-hydrogen) atoms. The number of nitrogens with two attached hydrogens (primary N) is 2. The highest BCUT2D eigenvalue weighted by atomic mass is 16.6. The number of hydrogen-bond donors (Lipinski definition) is 2. The van der Waals surface area contributed by atoms with Gasteiger partial charge in [0.1, 0.15) is 0 Å². The van der Waals surface area contributed by atoms with Gasteiger partial charge < -0.3 is 16.2 Å². The Kier molecular flexibility index (Phi) is 19.6. The second kappa shape index (κ2) is 20.4. The van der Waals surface area contributed by atoms with Crippen LogP contribution in [0.25, 0.3) is 0 Å². The van der Waals surface area contributed by atoms with E-state index in [1.54, 1.807) is 0 Å². The molecule has 0 amide bonds. The maximum Gasteiger partial charge on any atom is 0.313 e. The summed E-state index contributed by atoms with van der Waals surface area (Å²) in [4.78, 5) is 23.2. The minimum Gasteiger partial charge on any atom is -0.393 e. The van der Waals surface area contributed by atoms with Gasteiger partial charge in [-0.2, -0.15) is 0 Å². The van der Waals surface area contributed by atoms with Crippen molar-refractivity contribution in [2.24, 2.45) is 11.5 Å². The molecule has 5 nitrogen and oxygen atoms in total. The first kappa shape index (κ1) is 25.1. The predicted molar refractivity (Wildman–Crippen MR) is 108 cm³/mol. The quantitative estimate of drug-likeness (QED) is 0.197. The third kappa shape index (κ3) is 19.4. The van der Waals surface area contributed by atoms with Crippen molar-refractivity contribution in [2.45, 2.75) is 109 Å². The van der Waals surface area contributed by atoms with E-state index in [1.807, 2.05) is 0 Å². The van der Waals surface area contributed by atoms with E-state index in [0.29, 0.717) is 12.8 Å². The average Bonchev–Trinajstić information content (AvgIpc) is 2.62. The van der Waals surface area contributed by atoms with Gasteiger partial charge in [0.15, 0.2) is 0 Å². The Morgan fingerprint density at radius 2 is 0.731 bits per heavy atom. The normalized spacial score (nSPS) is 10.8. The SMILES string of the molecule is NCCCCCCCCCCCC(=O)OC(=O)CCCCCCCCN. The molecule has 0 spiro atoms. The topological polar surface area (TPSA) is 95.4 Å². The van der Waals surface area contributed by atoms with E-state index in [4.69, 9.17) is 16.2 Å². The van der Waals surface area contributed by atoms with E-state index in [2.05, 4.69) is 0 Å². The lowest BCUT2D eigenvalue weighted by atomic mass is 10.1. The lowest BCUT2D eigenvalue weighted by molar-refractivity contribution is -0.159. The van der Waals surface area contributed by atoms with Crippen LogP contribution in [0.1, 0.15) is 109 Å². The zero-order chi connectivity index (χ0) is 19.3. The number of esters is 2. The number of ether oxygens (including phenoxy) is 1. The van der Waals surface area contributed by atoms with Crippen molar-refractivity contribution in [3.63, 3.8) is 0 Å². The molecule has 154 valence electrons. The van der Waals surface area contributed by atoms with Crippen LogP contribution in [-0.2, 0) is 14.3 Å². The Morgan fingerprint density at radius 1 is 0.462 bits per heavy atom. The first-order valence-corrected chi connectivity index (χ1v) is 10.8. The molecular weight excluding hydrogens is 328 g/mol. The molecule has 5 heteroatoms. The van der Waals surface area contributed by atoms with Crippen molar-refractivity contribution in [1.82, 2.24) is 0 Å². The Hall–Kier alpha value is -0.940. The van der Waals surface area contributed by atoms with Crippen molar-refractivity contribution in [2.75, 3.05) is 13.1 Å². The molecule has 0 heterocycles. The van der Waals surface area contributed by atoms with Crippen molar-refractivity contribution in [3.05, 3.63) is 0 Å². The fourth-order valence-corrected chi connectivity index (χ4v) is 3.00. The maximum atomic E-state index is 11.6. The van der Waals surface area contributed by atoms with E-state index in [1.165, 1.54) is 38.5 Å². The highest BCUT2D eigenvalue weighted by Crippen LogP contribution is 2.11. The van der Waals surface area contributed by atoms with Crippen molar-refractivity contribution < 1.29 is 14.3 Å². The molecule has 0 aromatic heterocycles. The minimum absolute atomic E-state index is 0.354. The Labute approximate surface area is 160 Å². The third-order valence-corrected chi connectivity index (χ3v) is 4.65. The molecule has 0 radical (unpaired) electrons. The maximum absolute atomic E-state index is 11.6. The fraction of sp³-hybridized carbons (Fsp3) is 0.905. The van der Waals surface area contributed by atoms with Crippen LogP contribution in [-0.4, -0.2) is 25.0 Å². The third-order valence-electron chi connectivity index (χ3n) is 4.65. The summed E-state index contributed by atoms with van der Waals surface area (Å²) in [6, 6.07) is 0. The molecule has 0 rings (SSSR count). The summed E-state index contributed by atoms with van der Waals surface area (Å²) >= 11 is 0. The zero-order valence-electron chi connectivity index (χ0n) is 16.8. The van der Waals surface area contributed by atoms with Crippen LogP contribution in [0, 0.1) is 0 Å². The molecule has 0 aliphatic carbocycles. The van der Waals surface area contributed by atoms with Gasteiger partial charge in [-0.15, -0.1) is 0 Å². The van der Waals surface area contributed by atoms with Gasteiger partial charge in [0.25, 0.3) is 0 Å². The molecule has 0 unspecified atom stereocenters. The van der Waals surface area contributed by atoms with Crippen LogP contribution in [0.5, 0.6) is 0 Å². The summed E-state index contributed by atoms with van der Waals surface area (Å²) in [5.41, 5.74) is 10.9. The van der Waals surface area contributed by atoms with Crippen LogP contribution in [0.2, 0.25) is 0 Å². The molecule has 0 saturated carbocycles. The van der Waals surface area contributed by atoms with Crippen molar-refractivity contribution >= 4 is 11.9 Å². The second-order valence-corrected chi connectivity index (χ2v) is 7.23.